The van der Waals surface area contributed by atoms with E-state index in [4.69, 9.17) is 18.3 Å². The van der Waals surface area contributed by atoms with Crippen LogP contribution in [0.4, 0.5) is 11.4 Å². The number of anilines is 2. The number of carbonyl (C=O) groups is 2. The van der Waals surface area contributed by atoms with Gasteiger partial charge in [0.2, 0.25) is 11.6 Å². The second-order valence-corrected chi connectivity index (χ2v) is 16.3. The Balaban J connectivity index is 0.000000192. The predicted octanol–water partition coefficient (Wildman–Crippen LogP) is 8.43. The number of nitrogens with zero attached hydrogens (tertiary/aromatic N) is 6. The van der Waals surface area contributed by atoms with E-state index < -0.39 is 0 Å². The molecule has 6 aromatic carbocycles. The second-order valence-electron chi connectivity index (χ2n) is 16.3. The van der Waals surface area contributed by atoms with Crippen molar-refractivity contribution in [2.45, 2.75) is 38.5 Å². The minimum absolute atomic E-state index is 0. The van der Waals surface area contributed by atoms with Crippen molar-refractivity contribution in [2.75, 3.05) is 23.8 Å². The lowest BCUT2D eigenvalue weighted by Crippen LogP contribution is -2.13. The first-order valence-corrected chi connectivity index (χ1v) is 23.1. The summed E-state index contributed by atoms with van der Waals surface area (Å²) >= 11 is 0. The van der Waals surface area contributed by atoms with E-state index in [9.17, 15) is 19.2 Å². The minimum atomic E-state index is -0.343. The van der Waals surface area contributed by atoms with Crippen LogP contribution < -0.4 is 31.0 Å². The SMILES string of the molecule is O.O=C(Nc1cccc2c(=O)cc(-c3nn[nH]n3)oc12)c1ccc(OCCCCc2ccccc2)cc1.O=C(Nc1cccc2c(=O)cc(-c3nn[nH]n3)oc12)c1ccc(OCCCCc2ccccc2)cc1. The molecule has 6 N–H and O–H groups in total. The Morgan fingerprint density at radius 3 is 1.29 bits per heavy atom. The van der Waals surface area contributed by atoms with Crippen molar-refractivity contribution < 1.29 is 33.4 Å². The van der Waals surface area contributed by atoms with E-state index in [2.05, 4.69) is 76.1 Å². The molecule has 19 heteroatoms. The van der Waals surface area contributed by atoms with Crippen molar-refractivity contribution in [2.24, 2.45) is 0 Å². The van der Waals surface area contributed by atoms with Crippen LogP contribution >= 0.6 is 0 Å². The van der Waals surface area contributed by atoms with E-state index in [0.29, 0.717) is 58.0 Å². The molecule has 0 atom stereocenters. The number of fused-ring (bicyclic) bond motifs is 2. The molecule has 0 bridgehead atoms. The zero-order chi connectivity index (χ0) is 49.5. The van der Waals surface area contributed by atoms with Crippen molar-refractivity contribution in [3.8, 4) is 34.7 Å². The molecule has 0 saturated heterocycles. The number of H-pyrrole nitrogens is 2. The maximum Gasteiger partial charge on any atom is 0.255 e. The summed E-state index contributed by atoms with van der Waals surface area (Å²) in [6.07, 6.45) is 6.01. The van der Waals surface area contributed by atoms with E-state index in [1.807, 2.05) is 36.4 Å². The molecule has 0 unspecified atom stereocenters. The molecule has 4 heterocycles. The summed E-state index contributed by atoms with van der Waals surface area (Å²) in [5.41, 5.74) is 4.16. The number of tetrazole rings is 2. The number of aromatic nitrogens is 8. The Morgan fingerprint density at radius 2 is 0.904 bits per heavy atom. The monoisotopic (exact) mass is 980 g/mol. The number of nitrogens with one attached hydrogen (secondary N) is 4. The van der Waals surface area contributed by atoms with Crippen LogP contribution in [0.2, 0.25) is 0 Å². The van der Waals surface area contributed by atoms with Gasteiger partial charge in [0.15, 0.2) is 33.5 Å². The second kappa shape index (κ2) is 24.3. The molecule has 10 aromatic rings. The first-order valence-electron chi connectivity index (χ1n) is 23.1. The number of rotatable bonds is 18. The van der Waals surface area contributed by atoms with Crippen molar-refractivity contribution in [1.29, 1.82) is 0 Å². The molecular weight excluding hydrogens is 933 g/mol. The summed E-state index contributed by atoms with van der Waals surface area (Å²) < 4.78 is 23.3. The van der Waals surface area contributed by atoms with Crippen LogP contribution in [-0.2, 0) is 12.8 Å². The molecule has 0 spiro atoms. The Morgan fingerprint density at radius 1 is 0.493 bits per heavy atom. The number of hydrogen-bond donors (Lipinski definition) is 4. The molecule has 0 aliphatic carbocycles. The normalized spacial score (nSPS) is 10.7. The van der Waals surface area contributed by atoms with Crippen molar-refractivity contribution in [3.63, 3.8) is 0 Å². The van der Waals surface area contributed by atoms with Crippen LogP contribution in [-0.4, -0.2) is 71.8 Å². The van der Waals surface area contributed by atoms with Crippen LogP contribution in [0.25, 0.3) is 45.1 Å². The summed E-state index contributed by atoms with van der Waals surface area (Å²) in [5.74, 6) is 1.30. The number of hydrogen-bond acceptors (Lipinski definition) is 14. The molecular formula is C54H48N10O9. The lowest BCUT2D eigenvalue weighted by Gasteiger charge is -2.10. The zero-order valence-electron chi connectivity index (χ0n) is 39.1. The maximum atomic E-state index is 12.9. The van der Waals surface area contributed by atoms with Crippen molar-refractivity contribution in [3.05, 3.63) is 200 Å². The Labute approximate surface area is 415 Å². The number of para-hydroxylation sites is 2. The molecule has 0 fully saturated rings. The van der Waals surface area contributed by atoms with E-state index in [0.717, 1.165) is 38.5 Å². The van der Waals surface area contributed by atoms with Crippen LogP contribution in [0.1, 0.15) is 57.5 Å². The third kappa shape index (κ3) is 13.0. The highest BCUT2D eigenvalue weighted by Crippen LogP contribution is 2.28. The van der Waals surface area contributed by atoms with Gasteiger partial charge in [0.25, 0.3) is 11.8 Å². The third-order valence-electron chi connectivity index (χ3n) is 11.3. The predicted molar refractivity (Wildman–Crippen MR) is 273 cm³/mol. The highest BCUT2D eigenvalue weighted by Gasteiger charge is 2.17. The number of benzene rings is 6. The molecule has 4 aromatic heterocycles. The summed E-state index contributed by atoms with van der Waals surface area (Å²) in [5, 5.41) is 33.3. The van der Waals surface area contributed by atoms with Gasteiger partial charge in [0.1, 0.15) is 11.5 Å². The van der Waals surface area contributed by atoms with Gasteiger partial charge in [-0.2, -0.15) is 10.4 Å². The number of carbonyl (C=O) groups excluding carboxylic acids is 2. The van der Waals surface area contributed by atoms with Gasteiger partial charge in [0, 0.05) is 23.3 Å². The van der Waals surface area contributed by atoms with Gasteiger partial charge < -0.3 is 34.4 Å². The summed E-state index contributed by atoms with van der Waals surface area (Å²) in [7, 11) is 0. The quantitative estimate of drug-likeness (QED) is 0.0588. The van der Waals surface area contributed by atoms with Gasteiger partial charge in [-0.05, 0) is 133 Å². The van der Waals surface area contributed by atoms with E-state index in [1.165, 1.54) is 23.3 Å². The number of amides is 2. The largest absolute Gasteiger partial charge is 0.494 e. The first kappa shape index (κ1) is 49.8. The molecule has 0 radical (unpaired) electrons. The fraction of sp³-hybridized carbons (Fsp3) is 0.148. The topological polar surface area (TPSA) is 277 Å². The number of ether oxygens (including phenoxy) is 2. The molecule has 0 aliphatic heterocycles. The summed E-state index contributed by atoms with van der Waals surface area (Å²) in [6.45, 7) is 1.21. The van der Waals surface area contributed by atoms with Crippen LogP contribution in [0.15, 0.2) is 176 Å². The molecule has 2 amide bonds. The van der Waals surface area contributed by atoms with Crippen LogP contribution in [0.3, 0.4) is 0 Å². The fourth-order valence-corrected chi connectivity index (χ4v) is 7.63. The molecule has 19 nitrogen and oxygen atoms in total. The van der Waals surface area contributed by atoms with Crippen LogP contribution in [0, 0.1) is 0 Å². The van der Waals surface area contributed by atoms with Gasteiger partial charge in [-0.1, -0.05) is 72.8 Å². The lowest BCUT2D eigenvalue weighted by atomic mass is 10.1. The average Bonchev–Trinajstić information content (AvgIpc) is 4.17. The highest BCUT2D eigenvalue weighted by atomic mass is 16.5. The van der Waals surface area contributed by atoms with E-state index in [-0.39, 0.29) is 62.5 Å². The summed E-state index contributed by atoms with van der Waals surface area (Å²) in [4.78, 5) is 50.9. The Bertz CT molecular complexity index is 3270. The van der Waals surface area contributed by atoms with Crippen molar-refractivity contribution >= 4 is 45.1 Å². The third-order valence-corrected chi connectivity index (χ3v) is 11.3. The summed E-state index contributed by atoms with van der Waals surface area (Å²) in [6, 6.07) is 47.1. The minimum Gasteiger partial charge on any atom is -0.494 e. The molecule has 0 aliphatic rings. The van der Waals surface area contributed by atoms with Gasteiger partial charge >= 0.3 is 0 Å². The molecule has 73 heavy (non-hydrogen) atoms. The molecule has 10 rings (SSSR count). The zero-order valence-corrected chi connectivity index (χ0v) is 39.1. The van der Waals surface area contributed by atoms with E-state index in [1.54, 1.807) is 84.9 Å². The fourth-order valence-electron chi connectivity index (χ4n) is 7.63. The van der Waals surface area contributed by atoms with Gasteiger partial charge in [-0.3, -0.25) is 19.2 Å². The van der Waals surface area contributed by atoms with E-state index >= 15 is 0 Å². The Hall–Kier alpha value is -9.62. The van der Waals surface area contributed by atoms with Crippen molar-refractivity contribution in [1.82, 2.24) is 41.2 Å². The molecule has 368 valence electrons. The average molecular weight is 981 g/mol. The smallest absolute Gasteiger partial charge is 0.255 e. The number of aromatic amines is 2. The standard InChI is InChI=1S/2C27H23N5O4.H2O/c2*33-23-17-24(26-29-31-32-30-26)36-25-21(23)10-6-11-22(25)28-27(34)19-12-14-20(15-13-19)35-16-5-4-9-18-7-2-1-3-8-18;/h2*1-3,6-8,10-15,17H,4-5,9,16H2,(H,28,34)(H,29,30,31,32);1H2. The lowest BCUT2D eigenvalue weighted by molar-refractivity contribution is 0.101. The van der Waals surface area contributed by atoms with Gasteiger partial charge in [-0.25, -0.2) is 0 Å². The van der Waals surface area contributed by atoms with Gasteiger partial charge in [0.05, 0.1) is 35.4 Å². The Kier molecular flexibility index (Phi) is 16.6. The maximum absolute atomic E-state index is 12.9. The highest BCUT2D eigenvalue weighted by molar-refractivity contribution is 6.09. The number of unbranched alkanes of at least 4 members (excludes halogenated alkanes) is 2. The van der Waals surface area contributed by atoms with Gasteiger partial charge in [-0.15, -0.1) is 20.4 Å². The molecule has 0 saturated carbocycles. The van der Waals surface area contributed by atoms with Crippen LogP contribution in [0.5, 0.6) is 11.5 Å². The first-order chi connectivity index (χ1) is 35.3. The number of aryl methyl sites for hydroxylation is 2.